The lowest BCUT2D eigenvalue weighted by atomic mass is 10.2. The Balaban J connectivity index is 1.87. The monoisotopic (exact) mass is 267 g/mol. The zero-order valence-corrected chi connectivity index (χ0v) is 11.1. The van der Waals surface area contributed by atoms with Crippen LogP contribution in [-0.4, -0.2) is 4.98 Å². The Morgan fingerprint density at radius 1 is 1.41 bits per heavy atom. The van der Waals surface area contributed by atoms with E-state index < -0.39 is 0 Å². The highest BCUT2D eigenvalue weighted by atomic mass is 35.5. The molecule has 0 spiro atoms. The van der Waals surface area contributed by atoms with Crippen molar-refractivity contribution in [2.75, 3.05) is 5.73 Å². The van der Waals surface area contributed by atoms with Gasteiger partial charge in [-0.1, -0.05) is 17.7 Å². The zero-order chi connectivity index (χ0) is 12.3. The Kier molecular flexibility index (Phi) is 3.99. The van der Waals surface area contributed by atoms with Crippen LogP contribution in [0, 0.1) is 6.92 Å². The number of hydrogen-bond acceptors (Lipinski definition) is 4. The molecule has 1 aromatic carbocycles. The van der Waals surface area contributed by atoms with Gasteiger partial charge in [-0.2, -0.15) is 0 Å². The van der Waals surface area contributed by atoms with Crippen molar-refractivity contribution in [3.8, 4) is 0 Å². The Bertz CT molecular complexity index is 510. The molecular weight excluding hydrogens is 254 g/mol. The number of aryl methyl sites for hydroxylation is 1. The van der Waals surface area contributed by atoms with Gasteiger partial charge in [0, 0.05) is 18.5 Å². The third-order valence-corrected chi connectivity index (χ3v) is 3.53. The molecule has 3 nitrogen and oxygen atoms in total. The second-order valence-corrected chi connectivity index (χ2v) is 5.29. The Morgan fingerprint density at radius 2 is 2.24 bits per heavy atom. The largest absolute Gasteiger partial charge is 0.398 e. The minimum atomic E-state index is 0.601. The third-order valence-electron chi connectivity index (χ3n) is 2.36. The van der Waals surface area contributed by atoms with Gasteiger partial charge in [0.05, 0.1) is 21.4 Å². The highest BCUT2D eigenvalue weighted by Crippen LogP contribution is 2.19. The van der Waals surface area contributed by atoms with Crippen LogP contribution in [0.2, 0.25) is 5.02 Å². The van der Waals surface area contributed by atoms with Crippen molar-refractivity contribution < 1.29 is 0 Å². The van der Waals surface area contributed by atoms with Crippen molar-refractivity contribution in [2.24, 2.45) is 0 Å². The summed E-state index contributed by atoms with van der Waals surface area (Å²) in [7, 11) is 0. The minimum Gasteiger partial charge on any atom is -0.398 e. The van der Waals surface area contributed by atoms with Crippen LogP contribution < -0.4 is 11.1 Å². The first-order chi connectivity index (χ1) is 8.15. The molecule has 0 unspecified atom stereocenters. The number of nitrogens with zero attached hydrogens (tertiary/aromatic N) is 1. The normalized spacial score (nSPS) is 10.7. The minimum absolute atomic E-state index is 0.601. The van der Waals surface area contributed by atoms with Gasteiger partial charge >= 0.3 is 0 Å². The molecule has 0 radical (unpaired) electrons. The fraction of sp³-hybridized carbons (Fsp3) is 0.250. The Labute approximate surface area is 110 Å². The molecule has 1 aromatic heterocycles. The van der Waals surface area contributed by atoms with Gasteiger partial charge in [0.25, 0.3) is 0 Å². The number of nitrogens with one attached hydrogen (secondary N) is 1. The van der Waals surface area contributed by atoms with Crippen LogP contribution in [0.15, 0.2) is 23.6 Å². The maximum Gasteiger partial charge on any atom is 0.0897 e. The van der Waals surface area contributed by atoms with Crippen LogP contribution >= 0.6 is 22.9 Å². The number of thiazole rings is 1. The molecule has 2 rings (SSSR count). The smallest absolute Gasteiger partial charge is 0.0897 e. The number of benzene rings is 1. The van der Waals surface area contributed by atoms with E-state index in [0.29, 0.717) is 10.7 Å². The lowest BCUT2D eigenvalue weighted by molar-refractivity contribution is 0.682. The molecule has 0 saturated heterocycles. The first-order valence-electron chi connectivity index (χ1n) is 5.31. The molecule has 0 atom stereocenters. The molecule has 0 aliphatic rings. The maximum absolute atomic E-state index is 5.86. The van der Waals surface area contributed by atoms with Crippen LogP contribution in [0.4, 0.5) is 5.69 Å². The van der Waals surface area contributed by atoms with E-state index in [9.17, 15) is 0 Å². The molecule has 0 aliphatic heterocycles. The second kappa shape index (κ2) is 5.49. The van der Waals surface area contributed by atoms with Gasteiger partial charge < -0.3 is 11.1 Å². The number of anilines is 1. The van der Waals surface area contributed by atoms with E-state index in [4.69, 9.17) is 17.3 Å². The predicted molar refractivity (Wildman–Crippen MR) is 73.3 cm³/mol. The zero-order valence-electron chi connectivity index (χ0n) is 9.53. The first-order valence-corrected chi connectivity index (χ1v) is 6.56. The topological polar surface area (TPSA) is 50.9 Å². The highest BCUT2D eigenvalue weighted by Gasteiger charge is 2.00. The van der Waals surface area contributed by atoms with Gasteiger partial charge in [-0.15, -0.1) is 11.3 Å². The van der Waals surface area contributed by atoms with E-state index in [0.717, 1.165) is 29.4 Å². The number of nitrogens with two attached hydrogens (primary N) is 1. The maximum atomic E-state index is 5.86. The molecule has 5 heteroatoms. The summed E-state index contributed by atoms with van der Waals surface area (Å²) < 4.78 is 0. The number of aromatic nitrogens is 1. The number of hydrogen-bond donors (Lipinski definition) is 2. The van der Waals surface area contributed by atoms with Gasteiger partial charge in [-0.3, -0.25) is 0 Å². The van der Waals surface area contributed by atoms with Crippen LogP contribution in [0.25, 0.3) is 0 Å². The molecule has 0 bridgehead atoms. The van der Waals surface area contributed by atoms with E-state index in [1.165, 1.54) is 0 Å². The molecule has 0 aliphatic carbocycles. The number of rotatable bonds is 4. The molecule has 2 aromatic rings. The van der Waals surface area contributed by atoms with Crippen LogP contribution in [0.1, 0.15) is 16.3 Å². The van der Waals surface area contributed by atoms with Crippen LogP contribution in [0.5, 0.6) is 0 Å². The Morgan fingerprint density at radius 3 is 2.88 bits per heavy atom. The summed E-state index contributed by atoms with van der Waals surface area (Å²) in [5, 5.41) is 7.09. The van der Waals surface area contributed by atoms with Crippen molar-refractivity contribution in [1.29, 1.82) is 0 Å². The summed E-state index contributed by atoms with van der Waals surface area (Å²) in [5.74, 6) is 0. The molecular formula is C12H14ClN3S. The van der Waals surface area contributed by atoms with E-state index >= 15 is 0 Å². The van der Waals surface area contributed by atoms with Crippen LogP contribution in [0.3, 0.4) is 0 Å². The number of halogens is 1. The van der Waals surface area contributed by atoms with Crippen molar-refractivity contribution in [3.63, 3.8) is 0 Å². The van der Waals surface area contributed by atoms with Gasteiger partial charge in [0.15, 0.2) is 0 Å². The molecule has 1 heterocycles. The average Bonchev–Trinajstić information content (AvgIpc) is 2.70. The quantitative estimate of drug-likeness (QED) is 0.838. The second-order valence-electron chi connectivity index (χ2n) is 3.82. The average molecular weight is 268 g/mol. The third kappa shape index (κ3) is 3.43. The number of nitrogen functional groups attached to an aromatic ring is 1. The summed E-state index contributed by atoms with van der Waals surface area (Å²) in [4.78, 5) is 4.38. The SMILES string of the molecule is Cc1nc(CNCc2ccc(Cl)c(N)c2)cs1. The van der Waals surface area contributed by atoms with Gasteiger partial charge in [-0.05, 0) is 24.6 Å². The van der Waals surface area contributed by atoms with E-state index in [2.05, 4.69) is 15.7 Å². The molecule has 3 N–H and O–H groups in total. The Hall–Kier alpha value is -1.10. The standard InChI is InChI=1S/C12H14ClN3S/c1-8-16-10(7-17-8)6-15-5-9-2-3-11(13)12(14)4-9/h2-4,7,15H,5-6,14H2,1H3. The van der Waals surface area contributed by atoms with Gasteiger partial charge in [0.2, 0.25) is 0 Å². The molecule has 0 amide bonds. The molecule has 17 heavy (non-hydrogen) atoms. The van der Waals surface area contributed by atoms with Crippen molar-refractivity contribution in [3.05, 3.63) is 44.9 Å². The summed E-state index contributed by atoms with van der Waals surface area (Å²) >= 11 is 7.53. The fourth-order valence-corrected chi connectivity index (χ4v) is 2.26. The fourth-order valence-electron chi connectivity index (χ4n) is 1.53. The van der Waals surface area contributed by atoms with E-state index in [-0.39, 0.29) is 0 Å². The van der Waals surface area contributed by atoms with Crippen molar-refractivity contribution >= 4 is 28.6 Å². The van der Waals surface area contributed by atoms with Gasteiger partial charge in [0.1, 0.15) is 0 Å². The lowest BCUT2D eigenvalue weighted by Crippen LogP contribution is -2.13. The van der Waals surface area contributed by atoms with E-state index in [1.807, 2.05) is 25.1 Å². The lowest BCUT2D eigenvalue weighted by Gasteiger charge is -2.05. The predicted octanol–water partition coefficient (Wildman–Crippen LogP) is 2.98. The molecule has 0 fully saturated rings. The summed E-state index contributed by atoms with van der Waals surface area (Å²) in [6.45, 7) is 3.54. The van der Waals surface area contributed by atoms with E-state index in [1.54, 1.807) is 11.3 Å². The summed E-state index contributed by atoms with van der Waals surface area (Å²) in [6.07, 6.45) is 0. The van der Waals surface area contributed by atoms with Crippen molar-refractivity contribution in [2.45, 2.75) is 20.0 Å². The first kappa shape index (κ1) is 12.4. The molecule has 90 valence electrons. The van der Waals surface area contributed by atoms with Gasteiger partial charge in [-0.25, -0.2) is 4.98 Å². The summed E-state index contributed by atoms with van der Waals surface area (Å²) in [6, 6.07) is 5.68. The highest BCUT2D eigenvalue weighted by molar-refractivity contribution is 7.09. The van der Waals surface area contributed by atoms with Crippen molar-refractivity contribution in [1.82, 2.24) is 10.3 Å². The molecule has 0 saturated carbocycles. The van der Waals surface area contributed by atoms with Crippen LogP contribution in [-0.2, 0) is 13.1 Å². The summed E-state index contributed by atoms with van der Waals surface area (Å²) in [5.41, 5.74) is 8.56.